The van der Waals surface area contributed by atoms with Crippen LogP contribution in [0.3, 0.4) is 0 Å². The Balaban J connectivity index is 1.53. The third-order valence-corrected chi connectivity index (χ3v) is 5.62. The number of rotatable bonds is 3. The van der Waals surface area contributed by atoms with Gasteiger partial charge < -0.3 is 9.73 Å². The Morgan fingerprint density at radius 1 is 0.935 bits per heavy atom. The smallest absolute Gasteiger partial charge is 0.416 e. The third-order valence-electron chi connectivity index (χ3n) is 4.86. The maximum atomic E-state index is 12.9. The van der Waals surface area contributed by atoms with Gasteiger partial charge in [0, 0.05) is 16.5 Å². The van der Waals surface area contributed by atoms with Crippen molar-refractivity contribution < 1.29 is 17.6 Å². The van der Waals surface area contributed by atoms with Gasteiger partial charge in [-0.25, -0.2) is 9.78 Å². The summed E-state index contributed by atoms with van der Waals surface area (Å²) in [6, 6.07) is 18.0. The van der Waals surface area contributed by atoms with Gasteiger partial charge in [-0.15, -0.1) is 11.3 Å². The quantitative estimate of drug-likeness (QED) is 0.248. The molecule has 0 aliphatic carbocycles. The summed E-state index contributed by atoms with van der Waals surface area (Å²) in [7, 11) is 0. The van der Waals surface area contributed by atoms with Gasteiger partial charge in [-0.1, -0.05) is 36.4 Å². The van der Waals surface area contributed by atoms with Crippen LogP contribution < -0.4 is 10.9 Å². The Labute approximate surface area is 177 Å². The predicted octanol–water partition coefficient (Wildman–Crippen LogP) is 6.83. The zero-order valence-corrected chi connectivity index (χ0v) is 16.6. The molecule has 0 saturated heterocycles. The Bertz CT molecular complexity index is 1490. The van der Waals surface area contributed by atoms with Crippen LogP contribution in [0.1, 0.15) is 5.56 Å². The molecule has 0 aliphatic rings. The van der Waals surface area contributed by atoms with Crippen LogP contribution in [-0.4, -0.2) is 4.98 Å². The monoisotopic (exact) mass is 438 g/mol. The van der Waals surface area contributed by atoms with E-state index in [4.69, 9.17) is 4.42 Å². The molecule has 0 atom stereocenters. The molecule has 0 aliphatic heterocycles. The summed E-state index contributed by atoms with van der Waals surface area (Å²) in [4.78, 5) is 16.9. The molecule has 0 spiro atoms. The van der Waals surface area contributed by atoms with E-state index >= 15 is 0 Å². The summed E-state index contributed by atoms with van der Waals surface area (Å²) in [6.07, 6.45) is -4.43. The first-order valence-electron chi connectivity index (χ1n) is 9.24. The lowest BCUT2D eigenvalue weighted by atomic mass is 10.0. The lowest BCUT2D eigenvalue weighted by Crippen LogP contribution is -2.05. The Morgan fingerprint density at radius 3 is 2.61 bits per heavy atom. The van der Waals surface area contributed by atoms with E-state index in [9.17, 15) is 18.0 Å². The van der Waals surface area contributed by atoms with Crippen molar-refractivity contribution in [2.75, 3.05) is 5.32 Å². The molecular formula is C23H13F3N2O2S. The van der Waals surface area contributed by atoms with Crippen molar-refractivity contribution in [3.05, 3.63) is 88.1 Å². The SMILES string of the molecule is O=c1oc2ccc3ccccc3c2cc1-c1csc(Nc2cccc(C(F)(F)F)c2)n1. The van der Waals surface area contributed by atoms with Gasteiger partial charge in [0.15, 0.2) is 5.13 Å². The van der Waals surface area contributed by atoms with Crippen molar-refractivity contribution in [2.24, 2.45) is 0 Å². The van der Waals surface area contributed by atoms with Gasteiger partial charge in [0.1, 0.15) is 5.58 Å². The molecule has 0 bridgehead atoms. The second-order valence-corrected chi connectivity index (χ2v) is 7.75. The maximum Gasteiger partial charge on any atom is 0.416 e. The highest BCUT2D eigenvalue weighted by molar-refractivity contribution is 7.14. The summed E-state index contributed by atoms with van der Waals surface area (Å²) in [5.74, 6) is 0. The van der Waals surface area contributed by atoms with E-state index in [1.807, 2.05) is 30.3 Å². The molecule has 0 radical (unpaired) electrons. The number of thiazole rings is 1. The molecule has 0 saturated carbocycles. The predicted molar refractivity (Wildman–Crippen MR) is 116 cm³/mol. The summed E-state index contributed by atoms with van der Waals surface area (Å²) in [5.41, 5.74) is 0.132. The fourth-order valence-corrected chi connectivity index (χ4v) is 4.13. The molecule has 1 N–H and O–H groups in total. The minimum absolute atomic E-state index is 0.257. The first-order chi connectivity index (χ1) is 14.9. The van der Waals surface area contributed by atoms with Crippen LogP contribution in [0.5, 0.6) is 0 Å². The van der Waals surface area contributed by atoms with Gasteiger partial charge in [0.25, 0.3) is 0 Å². The van der Waals surface area contributed by atoms with Gasteiger partial charge in [-0.2, -0.15) is 13.2 Å². The van der Waals surface area contributed by atoms with Gasteiger partial charge >= 0.3 is 11.8 Å². The number of nitrogens with zero attached hydrogens (tertiary/aromatic N) is 1. The van der Waals surface area contributed by atoms with Crippen LogP contribution in [0.15, 0.2) is 81.3 Å². The first-order valence-corrected chi connectivity index (χ1v) is 10.1. The largest absolute Gasteiger partial charge is 0.422 e. The van der Waals surface area contributed by atoms with Crippen LogP contribution in [0.25, 0.3) is 33.0 Å². The third kappa shape index (κ3) is 3.66. The van der Waals surface area contributed by atoms with Crippen LogP contribution in [-0.2, 0) is 6.18 Å². The lowest BCUT2D eigenvalue weighted by molar-refractivity contribution is -0.137. The number of aromatic nitrogens is 1. The summed E-state index contributed by atoms with van der Waals surface area (Å²) in [5, 5.41) is 7.65. The standard InChI is InChI=1S/C23H13F3N2O2S/c24-23(25,26)14-5-3-6-15(10-14)27-22-28-19(12-31-22)18-11-17-16-7-2-1-4-13(16)8-9-20(17)30-21(18)29/h1-12H,(H,27,28). The molecular weight excluding hydrogens is 425 g/mol. The summed E-state index contributed by atoms with van der Waals surface area (Å²) >= 11 is 1.19. The van der Waals surface area contributed by atoms with E-state index in [2.05, 4.69) is 10.3 Å². The Hall–Kier alpha value is -3.65. The summed E-state index contributed by atoms with van der Waals surface area (Å²) in [6.45, 7) is 0. The molecule has 5 aromatic rings. The Kier molecular flexibility index (Phi) is 4.51. The normalized spacial score (nSPS) is 11.8. The molecule has 0 amide bonds. The molecule has 2 aromatic heterocycles. The number of hydrogen-bond acceptors (Lipinski definition) is 5. The minimum Gasteiger partial charge on any atom is -0.422 e. The molecule has 31 heavy (non-hydrogen) atoms. The lowest BCUT2D eigenvalue weighted by Gasteiger charge is -2.09. The highest BCUT2D eigenvalue weighted by Gasteiger charge is 2.30. The van der Waals surface area contributed by atoms with Crippen LogP contribution in [0.2, 0.25) is 0 Å². The molecule has 2 heterocycles. The fourth-order valence-electron chi connectivity index (χ4n) is 3.40. The van der Waals surface area contributed by atoms with Crippen LogP contribution >= 0.6 is 11.3 Å². The first kappa shape index (κ1) is 19.3. The number of hydrogen-bond donors (Lipinski definition) is 1. The zero-order chi connectivity index (χ0) is 21.6. The Morgan fingerprint density at radius 2 is 1.77 bits per heavy atom. The van der Waals surface area contributed by atoms with Crippen molar-refractivity contribution in [3.63, 3.8) is 0 Å². The van der Waals surface area contributed by atoms with Crippen LogP contribution in [0.4, 0.5) is 24.0 Å². The van der Waals surface area contributed by atoms with Crippen molar-refractivity contribution in [1.29, 1.82) is 0 Å². The second kappa shape index (κ2) is 7.24. The van der Waals surface area contributed by atoms with Crippen molar-refractivity contribution >= 4 is 43.9 Å². The highest BCUT2D eigenvalue weighted by atomic mass is 32.1. The molecule has 154 valence electrons. The van der Waals surface area contributed by atoms with E-state index < -0.39 is 17.4 Å². The summed E-state index contributed by atoms with van der Waals surface area (Å²) < 4.78 is 44.3. The highest BCUT2D eigenvalue weighted by Crippen LogP contribution is 2.33. The van der Waals surface area contributed by atoms with Crippen LogP contribution in [0, 0.1) is 0 Å². The van der Waals surface area contributed by atoms with E-state index in [0.717, 1.165) is 28.3 Å². The van der Waals surface area contributed by atoms with Gasteiger partial charge in [-0.05, 0) is 41.1 Å². The van der Waals surface area contributed by atoms with E-state index in [1.54, 1.807) is 17.5 Å². The molecule has 0 fully saturated rings. The average Bonchev–Trinajstić information content (AvgIpc) is 3.21. The molecule has 4 nitrogen and oxygen atoms in total. The second-order valence-electron chi connectivity index (χ2n) is 6.89. The number of halogens is 3. The van der Waals surface area contributed by atoms with Gasteiger partial charge in [-0.3, -0.25) is 0 Å². The maximum absolute atomic E-state index is 12.9. The number of nitrogens with one attached hydrogen (secondary N) is 1. The molecule has 3 aromatic carbocycles. The molecule has 5 rings (SSSR count). The fraction of sp³-hybridized carbons (Fsp3) is 0.0435. The van der Waals surface area contributed by atoms with Crippen molar-refractivity contribution in [1.82, 2.24) is 4.98 Å². The van der Waals surface area contributed by atoms with E-state index in [-0.39, 0.29) is 11.3 Å². The zero-order valence-electron chi connectivity index (χ0n) is 15.7. The number of fused-ring (bicyclic) bond motifs is 3. The molecule has 8 heteroatoms. The minimum atomic E-state index is -4.43. The number of anilines is 2. The van der Waals surface area contributed by atoms with Gasteiger partial charge in [0.2, 0.25) is 0 Å². The van der Waals surface area contributed by atoms with Gasteiger partial charge in [0.05, 0.1) is 16.8 Å². The number of alkyl halides is 3. The van der Waals surface area contributed by atoms with Crippen molar-refractivity contribution in [3.8, 4) is 11.3 Å². The molecule has 0 unspecified atom stereocenters. The number of benzene rings is 3. The average molecular weight is 438 g/mol. The topological polar surface area (TPSA) is 55.1 Å². The van der Waals surface area contributed by atoms with Crippen molar-refractivity contribution in [2.45, 2.75) is 6.18 Å². The van der Waals surface area contributed by atoms with E-state index in [0.29, 0.717) is 16.4 Å². The van der Waals surface area contributed by atoms with E-state index in [1.165, 1.54) is 23.5 Å².